The Labute approximate surface area is 138 Å². The van der Waals surface area contributed by atoms with Crippen LogP contribution >= 0.6 is 0 Å². The van der Waals surface area contributed by atoms with E-state index in [9.17, 15) is 0 Å². The molecular formula is C18H17N5O. The summed E-state index contributed by atoms with van der Waals surface area (Å²) >= 11 is 0. The molecule has 6 nitrogen and oxygen atoms in total. The van der Waals surface area contributed by atoms with E-state index in [0.717, 1.165) is 33.8 Å². The fraction of sp³-hybridized carbons (Fsp3) is 0.111. The van der Waals surface area contributed by atoms with E-state index in [0.29, 0.717) is 11.5 Å². The van der Waals surface area contributed by atoms with Gasteiger partial charge in [-0.05, 0) is 37.3 Å². The number of nitrogens with one attached hydrogen (secondary N) is 1. The third-order valence-electron chi connectivity index (χ3n) is 4.00. The molecule has 0 aliphatic rings. The van der Waals surface area contributed by atoms with E-state index in [1.54, 1.807) is 12.4 Å². The molecule has 0 aliphatic carbocycles. The zero-order valence-electron chi connectivity index (χ0n) is 13.4. The van der Waals surface area contributed by atoms with E-state index < -0.39 is 0 Å². The van der Waals surface area contributed by atoms with Gasteiger partial charge in [-0.3, -0.25) is 9.97 Å². The zero-order valence-corrected chi connectivity index (χ0v) is 13.4. The monoisotopic (exact) mass is 319 g/mol. The quantitative estimate of drug-likeness (QED) is 0.599. The lowest BCUT2D eigenvalue weighted by molar-refractivity contribution is 0.637. The number of pyridine rings is 2. The first-order valence-electron chi connectivity index (χ1n) is 7.62. The van der Waals surface area contributed by atoms with Crippen molar-refractivity contribution in [3.8, 4) is 11.3 Å². The number of nitrogen functional groups attached to an aromatic ring is 1. The lowest BCUT2D eigenvalue weighted by Gasteiger charge is -2.06. The summed E-state index contributed by atoms with van der Waals surface area (Å²) in [4.78, 5) is 8.71. The molecule has 24 heavy (non-hydrogen) atoms. The van der Waals surface area contributed by atoms with Gasteiger partial charge >= 0.3 is 0 Å². The molecule has 0 amide bonds. The molecule has 120 valence electrons. The van der Waals surface area contributed by atoms with Crippen LogP contribution in [0.1, 0.15) is 5.69 Å². The van der Waals surface area contributed by atoms with Gasteiger partial charge in [-0.15, -0.1) is 0 Å². The second-order valence-corrected chi connectivity index (χ2v) is 5.69. The third kappa shape index (κ3) is 2.28. The van der Waals surface area contributed by atoms with Gasteiger partial charge in [-0.25, -0.2) is 0 Å². The van der Waals surface area contributed by atoms with Crippen LogP contribution in [0.4, 0.5) is 17.4 Å². The summed E-state index contributed by atoms with van der Waals surface area (Å²) in [5, 5.41) is 4.23. The SMILES string of the molecule is Cc1cc(-c2nccc3c(Nc4cccn4C)c(N)oc23)ccn1. The van der Waals surface area contributed by atoms with Crippen molar-refractivity contribution in [2.75, 3.05) is 11.1 Å². The topological polar surface area (TPSA) is 81.9 Å². The van der Waals surface area contributed by atoms with E-state index >= 15 is 0 Å². The summed E-state index contributed by atoms with van der Waals surface area (Å²) in [7, 11) is 1.97. The average Bonchev–Trinajstić information content (AvgIpc) is 3.11. The Morgan fingerprint density at radius 2 is 2.00 bits per heavy atom. The fourth-order valence-electron chi connectivity index (χ4n) is 2.79. The molecule has 0 aliphatic heterocycles. The second-order valence-electron chi connectivity index (χ2n) is 5.69. The summed E-state index contributed by atoms with van der Waals surface area (Å²) in [5.41, 5.74) is 10.2. The van der Waals surface area contributed by atoms with E-state index in [1.807, 2.05) is 55.1 Å². The lowest BCUT2D eigenvalue weighted by Crippen LogP contribution is -1.98. The van der Waals surface area contributed by atoms with Crippen LogP contribution in [0.15, 0.2) is 53.3 Å². The molecule has 0 bridgehead atoms. The average molecular weight is 319 g/mol. The molecule has 0 radical (unpaired) electrons. The van der Waals surface area contributed by atoms with Crippen LogP contribution in [0.3, 0.4) is 0 Å². The van der Waals surface area contributed by atoms with Gasteiger partial charge in [0.05, 0.1) is 5.39 Å². The van der Waals surface area contributed by atoms with Gasteiger partial charge in [0.2, 0.25) is 5.88 Å². The molecule has 0 unspecified atom stereocenters. The minimum absolute atomic E-state index is 0.339. The Morgan fingerprint density at radius 3 is 2.75 bits per heavy atom. The number of fused-ring (bicyclic) bond motifs is 1. The molecular weight excluding hydrogens is 302 g/mol. The minimum atomic E-state index is 0.339. The van der Waals surface area contributed by atoms with Gasteiger partial charge in [0.25, 0.3) is 0 Å². The van der Waals surface area contributed by atoms with Crippen LogP contribution in [0.5, 0.6) is 0 Å². The highest BCUT2D eigenvalue weighted by molar-refractivity contribution is 6.03. The van der Waals surface area contributed by atoms with E-state index in [1.165, 1.54) is 0 Å². The normalized spacial score (nSPS) is 11.1. The minimum Gasteiger partial charge on any atom is -0.436 e. The van der Waals surface area contributed by atoms with Gasteiger partial charge in [0, 0.05) is 36.9 Å². The highest BCUT2D eigenvalue weighted by Gasteiger charge is 2.17. The first-order chi connectivity index (χ1) is 11.6. The van der Waals surface area contributed by atoms with E-state index in [-0.39, 0.29) is 0 Å². The zero-order chi connectivity index (χ0) is 16.7. The highest BCUT2D eigenvalue weighted by atomic mass is 16.3. The molecule has 4 rings (SSSR count). The number of hydrogen-bond acceptors (Lipinski definition) is 5. The number of anilines is 3. The van der Waals surface area contributed by atoms with Crippen molar-refractivity contribution in [2.24, 2.45) is 7.05 Å². The van der Waals surface area contributed by atoms with Gasteiger partial charge in [-0.2, -0.15) is 0 Å². The first-order valence-corrected chi connectivity index (χ1v) is 7.62. The Hall–Kier alpha value is -3.28. The molecule has 4 heterocycles. The number of hydrogen-bond donors (Lipinski definition) is 2. The van der Waals surface area contributed by atoms with E-state index in [4.69, 9.17) is 10.2 Å². The van der Waals surface area contributed by atoms with Crippen LogP contribution in [0.25, 0.3) is 22.2 Å². The van der Waals surface area contributed by atoms with Crippen molar-refractivity contribution >= 4 is 28.4 Å². The van der Waals surface area contributed by atoms with Crippen LogP contribution in [-0.2, 0) is 7.05 Å². The molecule has 6 heteroatoms. The molecule has 4 aromatic heterocycles. The predicted octanol–water partition coefficient (Wildman–Crippen LogP) is 3.86. The lowest BCUT2D eigenvalue weighted by atomic mass is 10.1. The Balaban J connectivity index is 1.88. The van der Waals surface area contributed by atoms with Gasteiger partial charge in [0.15, 0.2) is 5.58 Å². The van der Waals surface area contributed by atoms with Crippen molar-refractivity contribution in [1.82, 2.24) is 14.5 Å². The summed E-state index contributed by atoms with van der Waals surface area (Å²) in [6.45, 7) is 1.95. The first kappa shape index (κ1) is 14.3. The van der Waals surface area contributed by atoms with Crippen LogP contribution in [0.2, 0.25) is 0 Å². The maximum Gasteiger partial charge on any atom is 0.215 e. The number of nitrogens with zero attached hydrogens (tertiary/aromatic N) is 3. The Morgan fingerprint density at radius 1 is 1.17 bits per heavy atom. The summed E-state index contributed by atoms with van der Waals surface area (Å²) in [5.74, 6) is 1.27. The second kappa shape index (κ2) is 5.42. The van der Waals surface area contributed by atoms with Crippen LogP contribution < -0.4 is 11.1 Å². The van der Waals surface area contributed by atoms with Crippen molar-refractivity contribution < 1.29 is 4.42 Å². The molecule has 0 fully saturated rings. The Bertz CT molecular complexity index is 1030. The van der Waals surface area contributed by atoms with Crippen molar-refractivity contribution in [3.63, 3.8) is 0 Å². The van der Waals surface area contributed by atoms with Crippen LogP contribution in [0, 0.1) is 6.92 Å². The summed E-state index contributed by atoms with van der Waals surface area (Å²) < 4.78 is 7.81. The summed E-state index contributed by atoms with van der Waals surface area (Å²) in [6, 6.07) is 9.74. The number of aromatic nitrogens is 3. The molecule has 0 aromatic carbocycles. The predicted molar refractivity (Wildman–Crippen MR) is 95.1 cm³/mol. The molecule has 0 saturated heterocycles. The van der Waals surface area contributed by atoms with Gasteiger partial charge in [0.1, 0.15) is 17.2 Å². The molecule has 3 N–H and O–H groups in total. The standard InChI is InChI=1S/C18H17N5O/c1-11-10-12(5-7-20-11)15-17-13(6-8-21-15)16(18(19)24-17)22-14-4-3-9-23(14)2/h3-10,22H,19H2,1-2H3. The third-order valence-corrected chi connectivity index (χ3v) is 4.00. The van der Waals surface area contributed by atoms with Gasteiger partial charge in [-0.1, -0.05) is 0 Å². The summed E-state index contributed by atoms with van der Waals surface area (Å²) in [6.07, 6.45) is 5.49. The van der Waals surface area contributed by atoms with Crippen molar-refractivity contribution in [2.45, 2.75) is 6.92 Å². The number of aryl methyl sites for hydroxylation is 2. The van der Waals surface area contributed by atoms with Crippen LogP contribution in [-0.4, -0.2) is 14.5 Å². The highest BCUT2D eigenvalue weighted by Crippen LogP contribution is 2.38. The van der Waals surface area contributed by atoms with Crippen molar-refractivity contribution in [3.05, 3.63) is 54.6 Å². The van der Waals surface area contributed by atoms with Gasteiger partial charge < -0.3 is 20.0 Å². The molecule has 0 atom stereocenters. The smallest absolute Gasteiger partial charge is 0.215 e. The fourth-order valence-corrected chi connectivity index (χ4v) is 2.79. The maximum atomic E-state index is 6.12. The largest absolute Gasteiger partial charge is 0.436 e. The number of rotatable bonds is 3. The van der Waals surface area contributed by atoms with Crippen molar-refractivity contribution in [1.29, 1.82) is 0 Å². The number of nitrogens with two attached hydrogens (primary N) is 1. The molecule has 0 saturated carbocycles. The maximum absolute atomic E-state index is 6.12. The van der Waals surface area contributed by atoms with E-state index in [2.05, 4.69) is 15.3 Å². The molecule has 4 aromatic rings. The number of furan rings is 1. The Kier molecular flexibility index (Phi) is 3.23. The molecule has 0 spiro atoms.